The maximum absolute atomic E-state index is 12.9. The van der Waals surface area contributed by atoms with Crippen molar-refractivity contribution in [2.24, 2.45) is 23.7 Å². The number of esters is 1. The zero-order valence-corrected chi connectivity index (χ0v) is 15.3. The molecule has 3 fully saturated rings. The van der Waals surface area contributed by atoms with Gasteiger partial charge in [0.15, 0.2) is 5.13 Å². The van der Waals surface area contributed by atoms with Crippen molar-refractivity contribution in [3.8, 4) is 0 Å². The van der Waals surface area contributed by atoms with E-state index in [1.165, 1.54) is 16.9 Å². The van der Waals surface area contributed by atoms with Crippen LogP contribution in [0, 0.1) is 30.6 Å². The molecule has 1 aliphatic heterocycles. The molecule has 0 unspecified atom stereocenters. The second kappa shape index (κ2) is 5.02. The predicted molar refractivity (Wildman–Crippen MR) is 94.2 cm³/mol. The van der Waals surface area contributed by atoms with Crippen molar-refractivity contribution >= 4 is 54.5 Å². The molecule has 124 valence electrons. The van der Waals surface area contributed by atoms with Gasteiger partial charge < -0.3 is 10.1 Å². The summed E-state index contributed by atoms with van der Waals surface area (Å²) in [6.07, 6.45) is 0.829. The van der Waals surface area contributed by atoms with Crippen molar-refractivity contribution in [1.82, 2.24) is 4.98 Å². The number of benzene rings is 1. The molecule has 2 bridgehead atoms. The summed E-state index contributed by atoms with van der Waals surface area (Å²) < 4.78 is 6.52. The number of alkyl halides is 1. The molecule has 0 spiro atoms. The Labute approximate surface area is 150 Å². The normalized spacial score (nSPS) is 36.3. The highest BCUT2D eigenvalue weighted by Crippen LogP contribution is 2.60. The number of amides is 1. The molecule has 2 saturated carbocycles. The van der Waals surface area contributed by atoms with E-state index in [1.807, 2.05) is 19.1 Å². The van der Waals surface area contributed by atoms with Crippen LogP contribution in [0.15, 0.2) is 18.2 Å². The average Bonchev–Trinajstić information content (AvgIpc) is 3.22. The highest BCUT2D eigenvalue weighted by Gasteiger charge is 2.67. The van der Waals surface area contributed by atoms with Gasteiger partial charge in [0.25, 0.3) is 0 Å². The van der Waals surface area contributed by atoms with Crippen LogP contribution in [-0.4, -0.2) is 27.8 Å². The SMILES string of the molecule is Cc1ccc2nc(NC(=O)[C@@H]3[C@H]4C[C@H]5[C@H](OC(=O)[C@H]53)[C@H]4Br)sc2c1. The second-order valence-corrected chi connectivity index (χ2v) is 9.03. The first-order valence-corrected chi connectivity index (χ1v) is 9.79. The lowest BCUT2D eigenvalue weighted by atomic mass is 9.79. The Morgan fingerprint density at radius 2 is 2.25 bits per heavy atom. The molecule has 2 aromatic rings. The van der Waals surface area contributed by atoms with Crippen LogP contribution in [0.4, 0.5) is 5.13 Å². The summed E-state index contributed by atoms with van der Waals surface area (Å²) in [5, 5.41) is 3.54. The van der Waals surface area contributed by atoms with E-state index in [-0.39, 0.29) is 46.5 Å². The molecule has 1 saturated heterocycles. The molecule has 6 atom stereocenters. The molecule has 5 rings (SSSR count). The number of rotatable bonds is 2. The van der Waals surface area contributed by atoms with Crippen LogP contribution in [0.3, 0.4) is 0 Å². The number of nitrogens with zero attached hydrogens (tertiary/aromatic N) is 1. The number of carbonyl (C=O) groups excluding carboxylic acids is 2. The van der Waals surface area contributed by atoms with Crippen molar-refractivity contribution < 1.29 is 14.3 Å². The van der Waals surface area contributed by atoms with Gasteiger partial charge >= 0.3 is 5.97 Å². The standard InChI is InChI=1S/C17H15BrN2O3S/c1-6-2-3-9-10(4-6)24-17(19-9)20-15(21)11-7-5-8-12(11)16(22)23-14(8)13(7)18/h2-4,7-8,11-14H,5H2,1H3,(H,19,20,21)/t7-,8-,11-,12-,13+,14+/m1/s1. The molecule has 7 heteroatoms. The largest absolute Gasteiger partial charge is 0.461 e. The third-order valence-electron chi connectivity index (χ3n) is 5.60. The van der Waals surface area contributed by atoms with Crippen molar-refractivity contribution in [3.05, 3.63) is 23.8 Å². The van der Waals surface area contributed by atoms with Gasteiger partial charge in [0.05, 0.1) is 26.9 Å². The summed E-state index contributed by atoms with van der Waals surface area (Å²) in [7, 11) is 0. The van der Waals surface area contributed by atoms with Crippen LogP contribution in [0.25, 0.3) is 10.2 Å². The van der Waals surface area contributed by atoms with Gasteiger partial charge in [-0.3, -0.25) is 9.59 Å². The summed E-state index contributed by atoms with van der Waals surface area (Å²) in [5.74, 6) is -0.585. The summed E-state index contributed by atoms with van der Waals surface area (Å²) in [6, 6.07) is 6.03. The van der Waals surface area contributed by atoms with Crippen molar-refractivity contribution in [1.29, 1.82) is 0 Å². The molecule has 24 heavy (non-hydrogen) atoms. The molecule has 1 aromatic carbocycles. The Morgan fingerprint density at radius 3 is 3.08 bits per heavy atom. The van der Waals surface area contributed by atoms with Crippen LogP contribution >= 0.6 is 27.3 Å². The molecule has 3 aliphatic rings. The van der Waals surface area contributed by atoms with Gasteiger partial charge in [-0.2, -0.15) is 0 Å². The van der Waals surface area contributed by atoms with E-state index in [4.69, 9.17) is 4.74 Å². The van der Waals surface area contributed by atoms with Gasteiger partial charge in [-0.25, -0.2) is 4.98 Å². The molecule has 0 radical (unpaired) electrons. The number of ether oxygens (including phenoxy) is 1. The van der Waals surface area contributed by atoms with Gasteiger partial charge in [0.1, 0.15) is 6.10 Å². The van der Waals surface area contributed by atoms with Crippen LogP contribution in [-0.2, 0) is 14.3 Å². The molecular formula is C17H15BrN2O3S. The number of anilines is 1. The number of thiazole rings is 1. The number of aromatic nitrogens is 1. The molecule has 2 aliphatic carbocycles. The highest BCUT2D eigenvalue weighted by molar-refractivity contribution is 9.09. The molecule has 2 heterocycles. The van der Waals surface area contributed by atoms with Crippen LogP contribution in [0.2, 0.25) is 0 Å². The number of nitrogens with one attached hydrogen (secondary N) is 1. The number of fused-ring (bicyclic) bond motifs is 2. The first-order valence-electron chi connectivity index (χ1n) is 8.05. The Balaban J connectivity index is 1.43. The minimum absolute atomic E-state index is 0.0537. The van der Waals surface area contributed by atoms with E-state index in [0.717, 1.165) is 16.6 Å². The van der Waals surface area contributed by atoms with Gasteiger partial charge in [0, 0.05) is 5.92 Å². The Hall–Kier alpha value is -1.47. The molecule has 1 amide bonds. The Bertz CT molecular complexity index is 882. The van der Waals surface area contributed by atoms with Crippen LogP contribution < -0.4 is 5.32 Å². The molecule has 1 aromatic heterocycles. The van der Waals surface area contributed by atoms with E-state index >= 15 is 0 Å². The third-order valence-corrected chi connectivity index (χ3v) is 7.73. The highest BCUT2D eigenvalue weighted by atomic mass is 79.9. The van der Waals surface area contributed by atoms with E-state index in [0.29, 0.717) is 5.13 Å². The van der Waals surface area contributed by atoms with Crippen LogP contribution in [0.1, 0.15) is 12.0 Å². The summed E-state index contributed by atoms with van der Waals surface area (Å²) in [5.41, 5.74) is 2.05. The quantitative estimate of drug-likeness (QED) is 0.614. The lowest BCUT2D eigenvalue weighted by Gasteiger charge is -2.27. The van der Waals surface area contributed by atoms with E-state index in [1.54, 1.807) is 0 Å². The van der Waals surface area contributed by atoms with Gasteiger partial charge in [-0.1, -0.05) is 33.3 Å². The monoisotopic (exact) mass is 406 g/mol. The van der Waals surface area contributed by atoms with Gasteiger partial charge in [0.2, 0.25) is 5.91 Å². The maximum Gasteiger partial charge on any atom is 0.310 e. The van der Waals surface area contributed by atoms with E-state index in [2.05, 4.69) is 32.3 Å². The second-order valence-electron chi connectivity index (χ2n) is 6.94. The fraction of sp³-hybridized carbons (Fsp3) is 0.471. The minimum Gasteiger partial charge on any atom is -0.461 e. The van der Waals surface area contributed by atoms with Gasteiger partial charge in [-0.05, 0) is 37.0 Å². The lowest BCUT2D eigenvalue weighted by molar-refractivity contribution is -0.145. The lowest BCUT2D eigenvalue weighted by Crippen LogP contribution is -2.40. The smallest absolute Gasteiger partial charge is 0.310 e. The molecule has 5 nitrogen and oxygen atoms in total. The Morgan fingerprint density at radius 1 is 1.42 bits per heavy atom. The van der Waals surface area contributed by atoms with Gasteiger partial charge in [-0.15, -0.1) is 0 Å². The summed E-state index contributed by atoms with van der Waals surface area (Å²) in [6.45, 7) is 2.03. The fourth-order valence-corrected chi connectivity index (χ4v) is 6.62. The van der Waals surface area contributed by atoms with Crippen molar-refractivity contribution in [2.45, 2.75) is 24.3 Å². The number of aryl methyl sites for hydroxylation is 1. The zero-order valence-electron chi connectivity index (χ0n) is 12.9. The van der Waals surface area contributed by atoms with E-state index in [9.17, 15) is 9.59 Å². The topological polar surface area (TPSA) is 68.3 Å². The van der Waals surface area contributed by atoms with Crippen molar-refractivity contribution in [2.75, 3.05) is 5.32 Å². The maximum atomic E-state index is 12.9. The Kier molecular flexibility index (Phi) is 3.10. The third kappa shape index (κ3) is 1.94. The first kappa shape index (κ1) is 14.8. The number of carbonyl (C=O) groups is 2. The summed E-state index contributed by atoms with van der Waals surface area (Å²) in [4.78, 5) is 29.6. The number of hydrogen-bond acceptors (Lipinski definition) is 5. The molecule has 1 N–H and O–H groups in total. The van der Waals surface area contributed by atoms with Crippen molar-refractivity contribution in [3.63, 3.8) is 0 Å². The van der Waals surface area contributed by atoms with Crippen LogP contribution in [0.5, 0.6) is 0 Å². The number of halogens is 1. The minimum atomic E-state index is -0.320. The molecular weight excluding hydrogens is 392 g/mol. The summed E-state index contributed by atoms with van der Waals surface area (Å²) >= 11 is 5.10. The number of hydrogen-bond donors (Lipinski definition) is 1. The first-order chi connectivity index (χ1) is 11.5. The average molecular weight is 407 g/mol. The fourth-order valence-electron chi connectivity index (χ4n) is 4.60. The predicted octanol–water partition coefficient (Wildman–Crippen LogP) is 3.11. The zero-order chi connectivity index (χ0) is 16.6. The van der Waals surface area contributed by atoms with E-state index < -0.39 is 0 Å².